The minimum Gasteiger partial charge on any atom is -0.497 e. The Morgan fingerprint density at radius 3 is 2.41 bits per heavy atom. The Morgan fingerprint density at radius 2 is 1.79 bits per heavy atom. The predicted octanol–water partition coefficient (Wildman–Crippen LogP) is 3.18. The van der Waals surface area contributed by atoms with Crippen LogP contribution in [0.25, 0.3) is 0 Å². The van der Waals surface area contributed by atoms with Gasteiger partial charge in [0.2, 0.25) is 11.7 Å². The van der Waals surface area contributed by atoms with Crippen molar-refractivity contribution >= 4 is 17.5 Å². The van der Waals surface area contributed by atoms with Crippen LogP contribution in [0, 0.1) is 16.0 Å². The number of methoxy groups -OCH3 is 2. The molecule has 2 aromatic rings. The molecule has 0 unspecified atom stereocenters. The molecule has 0 aliphatic heterocycles. The normalized spacial score (nSPS) is 11.5. The van der Waals surface area contributed by atoms with Crippen LogP contribution < -0.4 is 19.5 Å². The molecule has 2 amide bonds. The van der Waals surface area contributed by atoms with Gasteiger partial charge in [-0.1, -0.05) is 26.0 Å². The first-order valence-corrected chi connectivity index (χ1v) is 10.8. The first-order chi connectivity index (χ1) is 16.2. The molecular weight excluding hydrogens is 442 g/mol. The second-order valence-corrected chi connectivity index (χ2v) is 8.07. The van der Waals surface area contributed by atoms with Gasteiger partial charge in [-0.05, 0) is 36.6 Å². The van der Waals surface area contributed by atoms with E-state index >= 15 is 0 Å². The van der Waals surface area contributed by atoms with Gasteiger partial charge >= 0.3 is 5.69 Å². The third-order valence-electron chi connectivity index (χ3n) is 5.05. The number of hydrogen-bond donors (Lipinski definition) is 1. The van der Waals surface area contributed by atoms with Gasteiger partial charge in [0, 0.05) is 25.2 Å². The number of nitro benzene ring substituents is 1. The topological polar surface area (TPSA) is 120 Å². The molecule has 2 rings (SSSR count). The highest BCUT2D eigenvalue weighted by molar-refractivity contribution is 5.88. The van der Waals surface area contributed by atoms with E-state index in [9.17, 15) is 19.7 Å². The van der Waals surface area contributed by atoms with Crippen molar-refractivity contribution in [3.05, 3.63) is 58.1 Å². The fourth-order valence-electron chi connectivity index (χ4n) is 3.13. The summed E-state index contributed by atoms with van der Waals surface area (Å²) in [5.41, 5.74) is 0.574. The highest BCUT2D eigenvalue weighted by atomic mass is 16.6. The molecule has 0 fully saturated rings. The number of benzene rings is 2. The molecule has 34 heavy (non-hydrogen) atoms. The zero-order valence-electron chi connectivity index (χ0n) is 20.1. The highest BCUT2D eigenvalue weighted by Crippen LogP contribution is 2.30. The number of carbonyl (C=O) groups excluding carboxylic acids is 2. The van der Waals surface area contributed by atoms with E-state index in [4.69, 9.17) is 14.2 Å². The van der Waals surface area contributed by atoms with Gasteiger partial charge in [-0.25, -0.2) is 0 Å². The summed E-state index contributed by atoms with van der Waals surface area (Å²) in [4.78, 5) is 37.8. The maximum atomic E-state index is 13.1. The molecular formula is C24H31N3O7. The molecule has 0 radical (unpaired) electrons. The Bertz CT molecular complexity index is 1010. The summed E-state index contributed by atoms with van der Waals surface area (Å²) < 4.78 is 15.9. The van der Waals surface area contributed by atoms with Crippen LogP contribution in [0.4, 0.5) is 5.69 Å². The molecule has 2 aromatic carbocycles. The number of nitrogens with zero attached hydrogens (tertiary/aromatic N) is 2. The van der Waals surface area contributed by atoms with E-state index in [2.05, 4.69) is 5.32 Å². The second-order valence-electron chi connectivity index (χ2n) is 8.07. The summed E-state index contributed by atoms with van der Waals surface area (Å²) in [5.74, 6) is 0.447. The Labute approximate surface area is 198 Å². The largest absolute Gasteiger partial charge is 0.497 e. The van der Waals surface area contributed by atoms with Crippen molar-refractivity contribution in [3.63, 3.8) is 0 Å². The third-order valence-corrected chi connectivity index (χ3v) is 5.05. The van der Waals surface area contributed by atoms with E-state index in [-0.39, 0.29) is 42.2 Å². The summed E-state index contributed by atoms with van der Waals surface area (Å²) in [6.45, 7) is 5.91. The lowest BCUT2D eigenvalue weighted by atomic mass is 10.1. The lowest BCUT2D eigenvalue weighted by Crippen LogP contribution is -2.49. The molecule has 184 valence electrons. The number of ether oxygens (including phenoxy) is 3. The Morgan fingerprint density at radius 1 is 1.06 bits per heavy atom. The standard InChI is InChI=1S/C24H31N3O7/c1-16(2)13-25-24(29)17(3)26(14-18-7-6-8-19(11-18)32-4)23(28)15-34-20-9-10-21(27(30)31)22(12-20)33-5/h6-12,16-17H,13-15H2,1-5H3,(H,25,29)/t17-/m1/s1. The zero-order valence-corrected chi connectivity index (χ0v) is 20.1. The number of nitro groups is 1. The summed E-state index contributed by atoms with van der Waals surface area (Å²) in [7, 11) is 2.86. The first kappa shape index (κ1) is 26.4. The first-order valence-electron chi connectivity index (χ1n) is 10.8. The molecule has 10 heteroatoms. The number of hydrogen-bond acceptors (Lipinski definition) is 7. The summed E-state index contributed by atoms with van der Waals surface area (Å²) in [6.07, 6.45) is 0. The van der Waals surface area contributed by atoms with Crippen molar-refractivity contribution in [1.82, 2.24) is 10.2 Å². The minimum atomic E-state index is -0.757. The quantitative estimate of drug-likeness (QED) is 0.371. The van der Waals surface area contributed by atoms with E-state index in [0.717, 1.165) is 5.56 Å². The third kappa shape index (κ3) is 7.36. The van der Waals surface area contributed by atoms with Gasteiger partial charge in [0.25, 0.3) is 5.91 Å². The summed E-state index contributed by atoms with van der Waals surface area (Å²) >= 11 is 0. The Kier molecular flexibility index (Phi) is 9.66. The van der Waals surface area contributed by atoms with Gasteiger partial charge in [-0.3, -0.25) is 19.7 Å². The van der Waals surface area contributed by atoms with Crippen molar-refractivity contribution in [2.75, 3.05) is 27.4 Å². The molecule has 0 saturated carbocycles. The van der Waals surface area contributed by atoms with Gasteiger partial charge in [-0.2, -0.15) is 0 Å². The van der Waals surface area contributed by atoms with Gasteiger partial charge in [0.05, 0.1) is 19.1 Å². The molecule has 0 spiro atoms. The summed E-state index contributed by atoms with van der Waals surface area (Å²) in [5, 5.41) is 13.9. The monoisotopic (exact) mass is 473 g/mol. The molecule has 0 heterocycles. The van der Waals surface area contributed by atoms with E-state index in [1.54, 1.807) is 32.2 Å². The predicted molar refractivity (Wildman–Crippen MR) is 126 cm³/mol. The molecule has 0 aliphatic carbocycles. The lowest BCUT2D eigenvalue weighted by Gasteiger charge is -2.29. The fraction of sp³-hybridized carbons (Fsp3) is 0.417. The Balaban J connectivity index is 2.20. The molecule has 0 aliphatic rings. The van der Waals surface area contributed by atoms with Crippen LogP contribution in [-0.4, -0.2) is 55.1 Å². The van der Waals surface area contributed by atoms with E-state index in [1.165, 1.54) is 30.2 Å². The molecule has 1 N–H and O–H groups in total. The van der Waals surface area contributed by atoms with Crippen molar-refractivity contribution in [1.29, 1.82) is 0 Å². The summed E-state index contributed by atoms with van der Waals surface area (Å²) in [6, 6.07) is 10.4. The van der Waals surface area contributed by atoms with Crippen LogP contribution >= 0.6 is 0 Å². The lowest BCUT2D eigenvalue weighted by molar-refractivity contribution is -0.385. The van der Waals surface area contributed by atoms with Crippen molar-refractivity contribution in [2.45, 2.75) is 33.4 Å². The maximum absolute atomic E-state index is 13.1. The number of amides is 2. The number of nitrogens with one attached hydrogen (secondary N) is 1. The van der Waals surface area contributed by atoms with Gasteiger partial charge < -0.3 is 24.4 Å². The smallest absolute Gasteiger partial charge is 0.311 e. The molecule has 10 nitrogen and oxygen atoms in total. The molecule has 0 bridgehead atoms. The van der Waals surface area contributed by atoms with Crippen LogP contribution in [0.5, 0.6) is 17.2 Å². The van der Waals surface area contributed by atoms with Crippen LogP contribution in [0.3, 0.4) is 0 Å². The van der Waals surface area contributed by atoms with E-state index < -0.39 is 16.9 Å². The molecule has 0 saturated heterocycles. The molecule has 0 aromatic heterocycles. The average Bonchev–Trinajstić information content (AvgIpc) is 2.83. The van der Waals surface area contributed by atoms with Crippen molar-refractivity contribution in [3.8, 4) is 17.2 Å². The van der Waals surface area contributed by atoms with Gasteiger partial charge in [0.1, 0.15) is 17.5 Å². The van der Waals surface area contributed by atoms with Crippen LogP contribution in [0.1, 0.15) is 26.3 Å². The van der Waals surface area contributed by atoms with E-state index in [1.807, 2.05) is 19.9 Å². The highest BCUT2D eigenvalue weighted by Gasteiger charge is 2.27. The SMILES string of the molecule is COc1cccc(CN(C(=O)COc2ccc([N+](=O)[O-])c(OC)c2)[C@H](C)C(=O)NCC(C)C)c1. The molecule has 1 atom stereocenters. The van der Waals surface area contributed by atoms with Crippen molar-refractivity contribution < 1.29 is 28.7 Å². The van der Waals surface area contributed by atoms with Crippen LogP contribution in [-0.2, 0) is 16.1 Å². The van der Waals surface area contributed by atoms with Crippen molar-refractivity contribution in [2.24, 2.45) is 5.92 Å². The average molecular weight is 474 g/mol. The van der Waals surface area contributed by atoms with Crippen LogP contribution in [0.2, 0.25) is 0 Å². The second kappa shape index (κ2) is 12.4. The van der Waals surface area contributed by atoms with E-state index in [0.29, 0.717) is 12.3 Å². The number of carbonyl (C=O) groups is 2. The van der Waals surface area contributed by atoms with Crippen LogP contribution in [0.15, 0.2) is 42.5 Å². The van der Waals surface area contributed by atoms with Gasteiger partial charge in [-0.15, -0.1) is 0 Å². The maximum Gasteiger partial charge on any atom is 0.311 e. The number of rotatable bonds is 12. The zero-order chi connectivity index (χ0) is 25.3. The Hall–Kier alpha value is -3.82. The minimum absolute atomic E-state index is 0.0182. The van der Waals surface area contributed by atoms with Gasteiger partial charge in [0.15, 0.2) is 6.61 Å². The fourth-order valence-corrected chi connectivity index (χ4v) is 3.13.